The summed E-state index contributed by atoms with van der Waals surface area (Å²) in [7, 11) is 0. The Balaban J connectivity index is 2.10. The number of urea groups is 1. The van der Waals surface area contributed by atoms with E-state index in [4.69, 9.17) is 0 Å². The number of imide groups is 2. The number of hydrogen-bond acceptors (Lipinski definition) is 4. The van der Waals surface area contributed by atoms with E-state index >= 15 is 0 Å². The molecule has 7 heteroatoms. The quantitative estimate of drug-likeness (QED) is 0.423. The Bertz CT molecular complexity index is 783. The molecule has 1 aliphatic rings. The van der Waals surface area contributed by atoms with Crippen LogP contribution in [0.3, 0.4) is 0 Å². The van der Waals surface area contributed by atoms with Gasteiger partial charge in [-0.15, -0.1) is 6.58 Å². The fraction of sp³-hybridized carbons (Fsp3) is 0.429. The van der Waals surface area contributed by atoms with Gasteiger partial charge >= 0.3 is 17.8 Å². The van der Waals surface area contributed by atoms with E-state index in [-0.39, 0.29) is 18.5 Å². The first kappa shape index (κ1) is 21.3. The average Bonchev–Trinajstić information content (AvgIpc) is 2.84. The molecule has 1 aromatic rings. The van der Waals surface area contributed by atoms with E-state index in [1.807, 2.05) is 38.1 Å². The minimum absolute atomic E-state index is 0.0711. The molecule has 0 aromatic heterocycles. The largest absolute Gasteiger partial charge is 0.347 e. The zero-order valence-electron chi connectivity index (χ0n) is 16.8. The molecule has 1 saturated heterocycles. The summed E-state index contributed by atoms with van der Waals surface area (Å²) in [6.45, 7) is 11.1. The third-order valence-electron chi connectivity index (χ3n) is 4.69. The number of carbonyl (C=O) groups is 4. The number of nitrogens with zero attached hydrogens (tertiary/aromatic N) is 2. The summed E-state index contributed by atoms with van der Waals surface area (Å²) >= 11 is 0. The van der Waals surface area contributed by atoms with Gasteiger partial charge in [0, 0.05) is 6.54 Å². The average molecular weight is 385 g/mol. The van der Waals surface area contributed by atoms with Crippen LogP contribution in [0.4, 0.5) is 4.79 Å². The maximum atomic E-state index is 12.5. The zero-order chi connectivity index (χ0) is 21.0. The number of rotatable bonds is 8. The highest BCUT2D eigenvalue weighted by atomic mass is 16.2. The molecule has 1 heterocycles. The van der Waals surface area contributed by atoms with Crippen molar-refractivity contribution in [2.45, 2.75) is 39.7 Å². The van der Waals surface area contributed by atoms with Crippen molar-refractivity contribution in [2.24, 2.45) is 5.92 Å². The van der Waals surface area contributed by atoms with Gasteiger partial charge in [-0.25, -0.2) is 9.69 Å². The van der Waals surface area contributed by atoms with Crippen molar-refractivity contribution in [3.63, 3.8) is 0 Å². The fourth-order valence-corrected chi connectivity index (χ4v) is 3.07. The molecule has 1 atom stereocenters. The van der Waals surface area contributed by atoms with E-state index in [2.05, 4.69) is 25.7 Å². The molecule has 5 amide bonds. The van der Waals surface area contributed by atoms with Crippen LogP contribution >= 0.6 is 0 Å². The summed E-state index contributed by atoms with van der Waals surface area (Å²) in [6.07, 6.45) is 1.35. The maximum Gasteiger partial charge on any atom is 0.335 e. The van der Waals surface area contributed by atoms with E-state index in [0.29, 0.717) is 10.8 Å². The first-order valence-corrected chi connectivity index (χ1v) is 9.34. The maximum absolute atomic E-state index is 12.5. The molecule has 1 N–H and O–H groups in total. The van der Waals surface area contributed by atoms with Crippen LogP contribution in [0.1, 0.15) is 50.8 Å². The summed E-state index contributed by atoms with van der Waals surface area (Å²) in [5.41, 5.74) is 2.14. The Labute approximate surface area is 165 Å². The highest BCUT2D eigenvalue weighted by molar-refractivity contribution is 6.45. The van der Waals surface area contributed by atoms with Gasteiger partial charge in [0.2, 0.25) is 5.91 Å². The standard InChI is InChI=1S/C21H27N3O4/c1-6-11-23-19(26)20(27)24(21(23)28)12-17(25)22-18(14(4)5)16-9-7-15(8-10-16)13(2)3/h6-10,13-14,18H,1,11-12H2,2-5H3,(H,22,25)/t18-/m0/s1. The van der Waals surface area contributed by atoms with Crippen molar-refractivity contribution in [1.29, 1.82) is 0 Å². The molecule has 0 unspecified atom stereocenters. The topological polar surface area (TPSA) is 86.8 Å². The molecule has 0 aliphatic carbocycles. The zero-order valence-corrected chi connectivity index (χ0v) is 16.8. The van der Waals surface area contributed by atoms with Crippen LogP contribution in [0.25, 0.3) is 0 Å². The fourth-order valence-electron chi connectivity index (χ4n) is 3.07. The monoisotopic (exact) mass is 385 g/mol. The van der Waals surface area contributed by atoms with Gasteiger partial charge in [-0.3, -0.25) is 19.3 Å². The summed E-state index contributed by atoms with van der Waals surface area (Å²) in [5.74, 6) is -1.93. The van der Waals surface area contributed by atoms with E-state index < -0.39 is 30.3 Å². The van der Waals surface area contributed by atoms with Crippen LogP contribution in [-0.2, 0) is 14.4 Å². The molecule has 0 bridgehead atoms. The second kappa shape index (κ2) is 8.82. The molecule has 0 radical (unpaired) electrons. The summed E-state index contributed by atoms with van der Waals surface area (Å²) in [6, 6.07) is 6.93. The van der Waals surface area contributed by atoms with Crippen molar-refractivity contribution < 1.29 is 19.2 Å². The predicted octanol–water partition coefficient (Wildman–Crippen LogP) is 2.60. The van der Waals surface area contributed by atoms with Crippen LogP contribution in [-0.4, -0.2) is 46.6 Å². The van der Waals surface area contributed by atoms with E-state index in [1.165, 1.54) is 11.6 Å². The molecule has 28 heavy (non-hydrogen) atoms. The number of carbonyl (C=O) groups excluding carboxylic acids is 4. The Morgan fingerprint density at radius 2 is 1.54 bits per heavy atom. The first-order valence-electron chi connectivity index (χ1n) is 9.34. The highest BCUT2D eigenvalue weighted by Gasteiger charge is 2.44. The number of amides is 5. The Morgan fingerprint density at radius 1 is 1.00 bits per heavy atom. The number of nitrogens with one attached hydrogen (secondary N) is 1. The van der Waals surface area contributed by atoms with Crippen molar-refractivity contribution in [1.82, 2.24) is 15.1 Å². The van der Waals surface area contributed by atoms with Crippen LogP contribution in [0, 0.1) is 5.92 Å². The van der Waals surface area contributed by atoms with Gasteiger partial charge in [0.05, 0.1) is 6.04 Å². The smallest absolute Gasteiger partial charge is 0.335 e. The molecular weight excluding hydrogens is 358 g/mol. The molecule has 150 valence electrons. The van der Waals surface area contributed by atoms with Crippen molar-refractivity contribution in [2.75, 3.05) is 13.1 Å². The predicted molar refractivity (Wildman–Crippen MR) is 105 cm³/mol. The van der Waals surface area contributed by atoms with E-state index in [0.717, 1.165) is 10.5 Å². The third-order valence-corrected chi connectivity index (χ3v) is 4.69. The molecule has 7 nitrogen and oxygen atoms in total. The molecule has 2 rings (SSSR count). The molecule has 1 aromatic carbocycles. The molecular formula is C21H27N3O4. The highest BCUT2D eigenvalue weighted by Crippen LogP contribution is 2.24. The SMILES string of the molecule is C=CCN1C(=O)C(=O)N(CC(=O)N[C@H](c2ccc(C(C)C)cc2)C(C)C)C1=O. The van der Waals surface area contributed by atoms with Crippen LogP contribution in [0.5, 0.6) is 0 Å². The second-order valence-corrected chi connectivity index (χ2v) is 7.49. The molecule has 0 spiro atoms. The first-order chi connectivity index (χ1) is 13.2. The van der Waals surface area contributed by atoms with Gasteiger partial charge < -0.3 is 5.32 Å². The van der Waals surface area contributed by atoms with Crippen molar-refractivity contribution in [3.8, 4) is 0 Å². The third kappa shape index (κ3) is 4.47. The Hall–Kier alpha value is -2.96. The van der Waals surface area contributed by atoms with Crippen LogP contribution < -0.4 is 5.32 Å². The van der Waals surface area contributed by atoms with Crippen LogP contribution in [0.2, 0.25) is 0 Å². The van der Waals surface area contributed by atoms with Gasteiger partial charge in [0.15, 0.2) is 0 Å². The second-order valence-electron chi connectivity index (χ2n) is 7.49. The molecule has 0 saturated carbocycles. The van der Waals surface area contributed by atoms with Gasteiger partial charge in [-0.2, -0.15) is 0 Å². The van der Waals surface area contributed by atoms with Crippen molar-refractivity contribution in [3.05, 3.63) is 48.0 Å². The minimum Gasteiger partial charge on any atom is -0.347 e. The van der Waals surface area contributed by atoms with E-state index in [1.54, 1.807) is 0 Å². The van der Waals surface area contributed by atoms with Gasteiger partial charge in [-0.05, 0) is 23.0 Å². The van der Waals surface area contributed by atoms with Gasteiger partial charge in [0.25, 0.3) is 0 Å². The lowest BCUT2D eigenvalue weighted by Crippen LogP contribution is -2.43. The summed E-state index contributed by atoms with van der Waals surface area (Å²) < 4.78 is 0. The molecule has 1 aliphatic heterocycles. The summed E-state index contributed by atoms with van der Waals surface area (Å²) in [4.78, 5) is 50.1. The minimum atomic E-state index is -0.996. The lowest BCUT2D eigenvalue weighted by molar-refractivity contribution is -0.143. The van der Waals surface area contributed by atoms with Crippen molar-refractivity contribution >= 4 is 23.8 Å². The normalized spacial score (nSPS) is 15.6. The lowest BCUT2D eigenvalue weighted by Gasteiger charge is -2.24. The molecule has 1 fully saturated rings. The summed E-state index contributed by atoms with van der Waals surface area (Å²) in [5, 5.41) is 2.88. The van der Waals surface area contributed by atoms with Gasteiger partial charge in [0.1, 0.15) is 6.54 Å². The van der Waals surface area contributed by atoms with E-state index in [9.17, 15) is 19.2 Å². The number of hydrogen-bond donors (Lipinski definition) is 1. The number of benzene rings is 1. The van der Waals surface area contributed by atoms with Gasteiger partial charge in [-0.1, -0.05) is 58.0 Å². The Kier molecular flexibility index (Phi) is 6.72. The Morgan fingerprint density at radius 3 is 2.04 bits per heavy atom. The van der Waals surface area contributed by atoms with Crippen LogP contribution in [0.15, 0.2) is 36.9 Å². The lowest BCUT2D eigenvalue weighted by atomic mass is 9.93.